The summed E-state index contributed by atoms with van der Waals surface area (Å²) in [4.78, 5) is 0. The van der Waals surface area contributed by atoms with Crippen LogP contribution in [0.2, 0.25) is 0 Å². The van der Waals surface area contributed by atoms with E-state index < -0.39 is 36.5 Å². The number of thioether (sulfide) groups is 2. The zero-order chi connectivity index (χ0) is 16.5. The van der Waals surface area contributed by atoms with Gasteiger partial charge in [0, 0.05) is 0 Å². The third-order valence-electron chi connectivity index (χ3n) is 3.45. The number of hydrogen-bond acceptors (Lipinski definition) is 9. The van der Waals surface area contributed by atoms with Crippen molar-refractivity contribution in [3.8, 4) is 0 Å². The summed E-state index contributed by atoms with van der Waals surface area (Å²) < 4.78 is 5.37. The summed E-state index contributed by atoms with van der Waals surface area (Å²) in [6.45, 7) is -0.470. The molecule has 0 aromatic carbocycles. The molecule has 0 aromatic heterocycles. The summed E-state index contributed by atoms with van der Waals surface area (Å²) in [5.74, 6) is 1.09. The molecule has 5 N–H and O–H groups in total. The van der Waals surface area contributed by atoms with Crippen molar-refractivity contribution in [3.05, 3.63) is 0 Å². The highest BCUT2D eigenvalue weighted by atomic mass is 32.2. The molecule has 1 aliphatic rings. The van der Waals surface area contributed by atoms with E-state index in [1.54, 1.807) is 11.8 Å². The fourth-order valence-corrected chi connectivity index (χ4v) is 3.70. The number of rotatable bonds is 8. The van der Waals surface area contributed by atoms with Gasteiger partial charge in [0.1, 0.15) is 34.9 Å². The molecule has 1 heterocycles. The predicted molar refractivity (Wildman–Crippen MR) is 87.4 cm³/mol. The number of oxime groups is 1. The van der Waals surface area contributed by atoms with E-state index in [-0.39, 0.29) is 0 Å². The maximum Gasteiger partial charge on any atom is 0.138 e. The molecular weight excluding hydrogens is 330 g/mol. The molecule has 130 valence electrons. The van der Waals surface area contributed by atoms with Gasteiger partial charge in [-0.1, -0.05) is 23.3 Å². The van der Waals surface area contributed by atoms with Crippen molar-refractivity contribution >= 4 is 28.6 Å². The molecule has 0 radical (unpaired) electrons. The summed E-state index contributed by atoms with van der Waals surface area (Å²) in [6, 6.07) is 0. The summed E-state index contributed by atoms with van der Waals surface area (Å²) >= 11 is 2.79. The SMILES string of the molecule is CSCCCCC/C(=N\O)S[C@@H]1O[C@H](CO)[C@@H](O)[C@H](O)[C@H]1O. The lowest BCUT2D eigenvalue weighted by Gasteiger charge is -2.39. The topological polar surface area (TPSA) is 123 Å². The number of unbranched alkanes of at least 4 members (excludes halogenated alkanes) is 2. The molecule has 0 aliphatic carbocycles. The van der Waals surface area contributed by atoms with Gasteiger partial charge in [-0.2, -0.15) is 11.8 Å². The monoisotopic (exact) mass is 355 g/mol. The van der Waals surface area contributed by atoms with Crippen molar-refractivity contribution in [1.29, 1.82) is 0 Å². The highest BCUT2D eigenvalue weighted by Crippen LogP contribution is 2.30. The Hall–Kier alpha value is -0.0300. The molecule has 7 nitrogen and oxygen atoms in total. The van der Waals surface area contributed by atoms with Crippen molar-refractivity contribution < 1.29 is 30.4 Å². The number of nitrogens with zero attached hydrogens (tertiary/aromatic N) is 1. The number of hydrogen-bond donors (Lipinski definition) is 5. The van der Waals surface area contributed by atoms with Crippen molar-refractivity contribution in [2.24, 2.45) is 5.16 Å². The van der Waals surface area contributed by atoms with E-state index in [0.717, 1.165) is 36.8 Å². The Bertz CT molecular complexity index is 344. The van der Waals surface area contributed by atoms with Crippen LogP contribution in [-0.4, -0.2) is 79.1 Å². The molecule has 0 saturated carbocycles. The van der Waals surface area contributed by atoms with Crippen molar-refractivity contribution in [2.45, 2.75) is 55.5 Å². The largest absolute Gasteiger partial charge is 0.410 e. The second-order valence-electron chi connectivity index (χ2n) is 5.11. The smallest absolute Gasteiger partial charge is 0.138 e. The van der Waals surface area contributed by atoms with Crippen LogP contribution < -0.4 is 0 Å². The van der Waals surface area contributed by atoms with Crippen LogP contribution in [0.1, 0.15) is 25.7 Å². The van der Waals surface area contributed by atoms with E-state index in [0.29, 0.717) is 11.5 Å². The van der Waals surface area contributed by atoms with E-state index in [1.807, 2.05) is 0 Å². The lowest BCUT2D eigenvalue weighted by molar-refractivity contribution is -0.205. The predicted octanol–water partition coefficient (Wildman–Crippen LogP) is 0.231. The summed E-state index contributed by atoms with van der Waals surface area (Å²) in [5.41, 5.74) is -0.896. The summed E-state index contributed by atoms with van der Waals surface area (Å²) in [7, 11) is 0. The van der Waals surface area contributed by atoms with Crippen LogP contribution in [0.15, 0.2) is 5.16 Å². The molecule has 1 fully saturated rings. The van der Waals surface area contributed by atoms with Gasteiger partial charge in [0.15, 0.2) is 0 Å². The Morgan fingerprint density at radius 1 is 1.09 bits per heavy atom. The van der Waals surface area contributed by atoms with E-state index >= 15 is 0 Å². The molecular formula is C13H25NO6S2. The molecule has 0 spiro atoms. The number of aliphatic hydroxyl groups excluding tert-OH is 4. The molecule has 1 aliphatic heterocycles. The molecule has 1 rings (SSSR count). The molecule has 22 heavy (non-hydrogen) atoms. The second-order valence-corrected chi connectivity index (χ2v) is 7.27. The summed E-state index contributed by atoms with van der Waals surface area (Å²) in [5, 5.41) is 51.1. The van der Waals surface area contributed by atoms with Gasteiger partial charge < -0.3 is 30.4 Å². The van der Waals surface area contributed by atoms with Crippen LogP contribution in [-0.2, 0) is 4.74 Å². The fourth-order valence-electron chi connectivity index (χ4n) is 2.13. The van der Waals surface area contributed by atoms with Crippen LogP contribution >= 0.6 is 23.5 Å². The Morgan fingerprint density at radius 3 is 2.41 bits per heavy atom. The van der Waals surface area contributed by atoms with Gasteiger partial charge >= 0.3 is 0 Å². The lowest BCUT2D eigenvalue weighted by Crippen LogP contribution is -2.57. The fraction of sp³-hybridized carbons (Fsp3) is 0.923. The minimum atomic E-state index is -1.41. The van der Waals surface area contributed by atoms with Gasteiger partial charge in [0.25, 0.3) is 0 Å². The Morgan fingerprint density at radius 2 is 1.82 bits per heavy atom. The van der Waals surface area contributed by atoms with Crippen LogP contribution in [0.25, 0.3) is 0 Å². The van der Waals surface area contributed by atoms with Crippen LogP contribution in [0.5, 0.6) is 0 Å². The molecule has 9 heteroatoms. The number of ether oxygens (including phenoxy) is 1. The van der Waals surface area contributed by atoms with E-state index in [9.17, 15) is 15.3 Å². The van der Waals surface area contributed by atoms with Gasteiger partial charge in [0.2, 0.25) is 0 Å². The Kier molecular flexibility index (Phi) is 9.73. The molecule has 0 bridgehead atoms. The zero-order valence-electron chi connectivity index (χ0n) is 12.5. The number of aliphatic hydroxyl groups is 4. The van der Waals surface area contributed by atoms with Gasteiger partial charge in [0.05, 0.1) is 6.61 Å². The van der Waals surface area contributed by atoms with Crippen molar-refractivity contribution in [3.63, 3.8) is 0 Å². The Balaban J connectivity index is 2.48. The first-order valence-electron chi connectivity index (χ1n) is 7.22. The Labute approximate surface area is 138 Å². The molecule has 0 unspecified atom stereocenters. The first-order chi connectivity index (χ1) is 10.5. The van der Waals surface area contributed by atoms with Gasteiger partial charge in [-0.05, 0) is 31.3 Å². The van der Waals surface area contributed by atoms with Crippen molar-refractivity contribution in [2.75, 3.05) is 18.6 Å². The standard InChI is InChI=1S/C13H25NO6S2/c1-21-6-4-2-3-5-9(14-19)22-13-12(18)11(17)10(16)8(7-15)20-13/h8,10-13,15-19H,2-7H2,1H3/b14-9+/t8-,10-,11+,12-,13+/m1/s1. The van der Waals surface area contributed by atoms with Crippen LogP contribution in [0, 0.1) is 0 Å². The van der Waals surface area contributed by atoms with Gasteiger partial charge in [-0.25, -0.2) is 0 Å². The first-order valence-corrected chi connectivity index (χ1v) is 9.49. The average Bonchev–Trinajstić information content (AvgIpc) is 2.53. The molecule has 0 amide bonds. The van der Waals surface area contributed by atoms with E-state index in [4.69, 9.17) is 15.1 Å². The first kappa shape index (κ1) is 20.0. The molecule has 5 atom stereocenters. The third-order valence-corrected chi connectivity index (χ3v) is 5.33. The minimum absolute atomic E-state index is 0.397. The van der Waals surface area contributed by atoms with Crippen molar-refractivity contribution in [1.82, 2.24) is 0 Å². The minimum Gasteiger partial charge on any atom is -0.410 e. The highest BCUT2D eigenvalue weighted by Gasteiger charge is 2.44. The van der Waals surface area contributed by atoms with Crippen LogP contribution in [0.4, 0.5) is 0 Å². The van der Waals surface area contributed by atoms with E-state index in [2.05, 4.69) is 11.4 Å². The third kappa shape index (κ3) is 5.88. The molecule has 0 aromatic rings. The molecule has 1 saturated heterocycles. The summed E-state index contributed by atoms with van der Waals surface area (Å²) in [6.07, 6.45) is 0.487. The lowest BCUT2D eigenvalue weighted by atomic mass is 10.0. The van der Waals surface area contributed by atoms with Gasteiger partial charge in [-0.3, -0.25) is 0 Å². The maximum atomic E-state index is 9.93. The van der Waals surface area contributed by atoms with Crippen LogP contribution in [0.3, 0.4) is 0 Å². The van der Waals surface area contributed by atoms with E-state index in [1.165, 1.54) is 0 Å². The average molecular weight is 355 g/mol. The highest BCUT2D eigenvalue weighted by molar-refractivity contribution is 8.14. The zero-order valence-corrected chi connectivity index (χ0v) is 14.2. The quantitative estimate of drug-likeness (QED) is 0.138. The second kappa shape index (κ2) is 10.7. The normalized spacial score (nSPS) is 33.1. The van der Waals surface area contributed by atoms with Gasteiger partial charge in [-0.15, -0.1) is 0 Å². The maximum absolute atomic E-state index is 9.93.